The Balaban J connectivity index is 0.000000640. The minimum absolute atomic E-state index is 0. The average Bonchev–Trinajstić information content (AvgIpc) is 2.26. The topological polar surface area (TPSA) is 25.8 Å². The van der Waals surface area contributed by atoms with E-state index in [1.54, 1.807) is 0 Å². The number of nitrogens with two attached hydrogens (primary N) is 1. The second kappa shape index (κ2) is 5.21. The number of rotatable bonds is 0. The molecule has 2 aromatic carbocycles. The molecule has 0 atom stereocenters. The molecule has 0 aromatic heterocycles. The van der Waals surface area contributed by atoms with Crippen LogP contribution in [-0.2, 0) is 0 Å². The fourth-order valence-electron chi connectivity index (χ4n) is 1.67. The van der Waals surface area contributed by atoms with Crippen LogP contribution in [0.1, 0.15) is 0 Å². The highest BCUT2D eigenvalue weighted by molar-refractivity contribution is 5.85. The van der Waals surface area contributed by atoms with Gasteiger partial charge < -0.3 is 17.1 Å². The second-order valence-corrected chi connectivity index (χ2v) is 3.32. The monoisotopic (exact) mass is 255 g/mol. The van der Waals surface area contributed by atoms with Crippen molar-refractivity contribution >= 4 is 23.8 Å². The lowest BCUT2D eigenvalue weighted by atomic mass is 10.2. The summed E-state index contributed by atoms with van der Waals surface area (Å²) in [5.74, 6) is 1.87. The van der Waals surface area contributed by atoms with Gasteiger partial charge in [-0.1, -0.05) is 24.3 Å². The summed E-state index contributed by atoms with van der Waals surface area (Å²) in [6, 6.07) is 16.1. The highest BCUT2D eigenvalue weighted by Crippen LogP contribution is 2.34. The van der Waals surface area contributed by atoms with Crippen molar-refractivity contribution in [3.8, 4) is 11.5 Å². The minimum Gasteiger partial charge on any atom is -1.00 e. The largest absolute Gasteiger partial charge is 1.00 e. The number of hydrogen-bond acceptors (Lipinski definition) is 1. The molecule has 0 saturated carbocycles. The van der Waals surface area contributed by atoms with Crippen LogP contribution in [0.25, 0.3) is 0 Å². The maximum absolute atomic E-state index is 5.75. The molecule has 0 fully saturated rings. The van der Waals surface area contributed by atoms with E-state index in [4.69, 9.17) is 4.74 Å². The lowest BCUT2D eigenvalue weighted by Crippen LogP contribution is -3.00. The predicted molar refractivity (Wildman–Crippen MR) is 61.5 cm³/mol. The van der Waals surface area contributed by atoms with Crippen molar-refractivity contribution in [2.45, 2.75) is 0 Å². The van der Waals surface area contributed by atoms with Gasteiger partial charge in [-0.15, -0.1) is 12.4 Å². The van der Waals surface area contributed by atoms with Crippen molar-refractivity contribution < 1.29 is 22.5 Å². The average molecular weight is 256 g/mol. The zero-order valence-electron chi connectivity index (χ0n) is 8.39. The first kappa shape index (κ1) is 12.8. The summed E-state index contributed by atoms with van der Waals surface area (Å²) >= 11 is 0. The Morgan fingerprint density at radius 3 is 1.69 bits per heavy atom. The quantitative estimate of drug-likeness (QED) is 0.551. The molecule has 1 aliphatic heterocycles. The lowest BCUT2D eigenvalue weighted by molar-refractivity contribution is -0.483. The molecule has 0 bridgehead atoms. The minimum atomic E-state index is 0. The number of para-hydroxylation sites is 4. The Bertz CT molecular complexity index is 400. The fraction of sp³-hybridized carbons (Fsp3) is 0. The highest BCUT2D eigenvalue weighted by Gasteiger charge is 2.19. The molecule has 0 amide bonds. The summed E-state index contributed by atoms with van der Waals surface area (Å²) in [4.78, 5) is 0. The fourth-order valence-corrected chi connectivity index (χ4v) is 1.67. The van der Waals surface area contributed by atoms with E-state index in [0.717, 1.165) is 22.9 Å². The van der Waals surface area contributed by atoms with Gasteiger partial charge >= 0.3 is 0 Å². The zero-order chi connectivity index (χ0) is 9.38. The molecule has 1 aliphatic rings. The predicted octanol–water partition coefficient (Wildman–Crippen LogP) is -0.255. The molecule has 0 radical (unpaired) electrons. The molecule has 84 valence electrons. The molecule has 2 aromatic rings. The van der Waals surface area contributed by atoms with Crippen molar-refractivity contribution in [3.05, 3.63) is 48.5 Å². The Morgan fingerprint density at radius 1 is 0.750 bits per heavy atom. The van der Waals surface area contributed by atoms with Gasteiger partial charge in [0.05, 0.1) is 0 Å². The Kier molecular flexibility index (Phi) is 4.19. The smallest absolute Gasteiger partial charge is 0.188 e. The summed E-state index contributed by atoms with van der Waals surface area (Å²) in [5.41, 5.74) is 2.29. The van der Waals surface area contributed by atoms with Gasteiger partial charge in [-0.25, -0.2) is 0 Å². The van der Waals surface area contributed by atoms with Crippen LogP contribution in [0.15, 0.2) is 48.5 Å². The molecular weight excluding hydrogens is 245 g/mol. The van der Waals surface area contributed by atoms with Gasteiger partial charge in [-0.05, 0) is 12.1 Å². The van der Waals surface area contributed by atoms with Gasteiger partial charge in [0.2, 0.25) is 0 Å². The molecule has 2 N–H and O–H groups in total. The van der Waals surface area contributed by atoms with Crippen molar-refractivity contribution in [2.75, 3.05) is 0 Å². The molecule has 2 nitrogen and oxygen atoms in total. The number of halogens is 2. The van der Waals surface area contributed by atoms with Gasteiger partial charge in [0.1, 0.15) is 0 Å². The highest BCUT2D eigenvalue weighted by atomic mass is 35.5. The van der Waals surface area contributed by atoms with Crippen LogP contribution in [0.4, 0.5) is 11.4 Å². The van der Waals surface area contributed by atoms with Gasteiger partial charge in [0, 0.05) is 12.1 Å². The van der Waals surface area contributed by atoms with Crippen LogP contribution in [-0.4, -0.2) is 0 Å². The molecule has 0 aliphatic carbocycles. The first-order valence-electron chi connectivity index (χ1n) is 4.64. The zero-order valence-corrected chi connectivity index (χ0v) is 9.96. The van der Waals surface area contributed by atoms with Crippen LogP contribution in [0, 0.1) is 0 Å². The summed E-state index contributed by atoms with van der Waals surface area (Å²) in [7, 11) is 0. The van der Waals surface area contributed by atoms with E-state index >= 15 is 0 Å². The van der Waals surface area contributed by atoms with Crippen molar-refractivity contribution in [3.63, 3.8) is 0 Å². The normalized spacial score (nSPS) is 11.0. The Morgan fingerprint density at radius 2 is 1.19 bits per heavy atom. The Labute approximate surface area is 106 Å². The van der Waals surface area contributed by atoms with Crippen LogP contribution in [0.5, 0.6) is 11.5 Å². The standard InChI is InChI=1S/C12H9NO.2ClH/c1-3-7-11-9(5-1)13-10-6-2-4-8-12(10)14-11;;/h1-8,13H;2*1H. The first-order valence-corrected chi connectivity index (χ1v) is 4.64. The van der Waals surface area contributed by atoms with Crippen molar-refractivity contribution in [1.29, 1.82) is 0 Å². The van der Waals surface area contributed by atoms with Crippen molar-refractivity contribution in [1.82, 2.24) is 0 Å². The van der Waals surface area contributed by atoms with Gasteiger partial charge in [0.25, 0.3) is 0 Å². The maximum atomic E-state index is 5.75. The van der Waals surface area contributed by atoms with E-state index in [1.807, 2.05) is 36.4 Å². The van der Waals surface area contributed by atoms with Crippen LogP contribution < -0.4 is 22.5 Å². The third kappa shape index (κ3) is 2.14. The molecular formula is C12H11Cl2NO. The summed E-state index contributed by atoms with van der Waals surface area (Å²) < 4.78 is 5.75. The third-order valence-electron chi connectivity index (χ3n) is 2.37. The molecule has 3 rings (SSSR count). The third-order valence-corrected chi connectivity index (χ3v) is 2.37. The van der Waals surface area contributed by atoms with E-state index < -0.39 is 0 Å². The van der Waals surface area contributed by atoms with Crippen molar-refractivity contribution in [2.24, 2.45) is 0 Å². The summed E-state index contributed by atoms with van der Waals surface area (Å²) in [6.45, 7) is 0. The van der Waals surface area contributed by atoms with E-state index in [1.165, 1.54) is 0 Å². The number of ether oxygens (including phenoxy) is 1. The van der Waals surface area contributed by atoms with Gasteiger partial charge in [-0.2, -0.15) is 0 Å². The molecule has 0 spiro atoms. The summed E-state index contributed by atoms with van der Waals surface area (Å²) in [6.07, 6.45) is 0. The number of quaternary nitrogens is 1. The maximum Gasteiger partial charge on any atom is 0.188 e. The number of hydrogen-bond donors (Lipinski definition) is 1. The number of benzene rings is 2. The van der Waals surface area contributed by atoms with Crippen LogP contribution >= 0.6 is 12.4 Å². The second-order valence-electron chi connectivity index (χ2n) is 3.32. The molecule has 0 saturated heterocycles. The first-order chi connectivity index (χ1) is 6.93. The van der Waals surface area contributed by atoms with Crippen LogP contribution in [0.2, 0.25) is 0 Å². The molecule has 4 heteroatoms. The Hall–Kier alpha value is -1.22. The number of fused-ring (bicyclic) bond motifs is 2. The van der Waals surface area contributed by atoms with Crippen LogP contribution in [0.3, 0.4) is 0 Å². The van der Waals surface area contributed by atoms with E-state index in [9.17, 15) is 0 Å². The molecule has 1 heterocycles. The molecule has 0 unspecified atom stereocenters. The van der Waals surface area contributed by atoms with E-state index in [-0.39, 0.29) is 24.8 Å². The lowest BCUT2D eigenvalue weighted by Gasteiger charge is -2.16. The SMILES string of the molecule is Cl.[Cl-].c1ccc2c(c1)[NH2+]c1ccccc1O2. The summed E-state index contributed by atoms with van der Waals surface area (Å²) in [5, 5.41) is 2.15. The van der Waals surface area contributed by atoms with Gasteiger partial charge in [-0.3, -0.25) is 5.32 Å². The van der Waals surface area contributed by atoms with E-state index in [0.29, 0.717) is 0 Å². The van der Waals surface area contributed by atoms with Gasteiger partial charge in [0.15, 0.2) is 22.9 Å². The molecule has 16 heavy (non-hydrogen) atoms. The van der Waals surface area contributed by atoms with E-state index in [2.05, 4.69) is 17.4 Å².